The van der Waals surface area contributed by atoms with Crippen molar-refractivity contribution in [3.8, 4) is 11.1 Å². The minimum absolute atomic E-state index is 0.304. The molecule has 0 bridgehead atoms. The minimum atomic E-state index is -3.60. The second kappa shape index (κ2) is 5.39. The van der Waals surface area contributed by atoms with Gasteiger partial charge in [-0.05, 0) is 30.3 Å². The Hall–Kier alpha value is -2.45. The van der Waals surface area contributed by atoms with Crippen molar-refractivity contribution in [3.05, 3.63) is 48.5 Å². The number of halogens is 1. The topological polar surface area (TPSA) is 101 Å². The monoisotopic (exact) mass is 320 g/mol. The molecule has 1 aromatic carbocycles. The van der Waals surface area contributed by atoms with Crippen LogP contribution in [0.15, 0.2) is 42.7 Å². The van der Waals surface area contributed by atoms with Crippen molar-refractivity contribution >= 4 is 26.7 Å². The molecule has 3 rings (SSSR count). The lowest BCUT2D eigenvalue weighted by atomic mass is 10.1. The molecule has 6 nitrogen and oxygen atoms in total. The highest BCUT2D eigenvalue weighted by molar-refractivity contribution is 7.89. The van der Waals surface area contributed by atoms with Gasteiger partial charge in [-0.3, -0.25) is 0 Å². The first-order valence-electron chi connectivity index (χ1n) is 6.40. The van der Waals surface area contributed by atoms with Gasteiger partial charge in [-0.25, -0.2) is 22.9 Å². The summed E-state index contributed by atoms with van der Waals surface area (Å²) in [4.78, 5) is 7.15. The Morgan fingerprint density at radius 3 is 2.77 bits per heavy atom. The van der Waals surface area contributed by atoms with Gasteiger partial charge >= 0.3 is 0 Å². The van der Waals surface area contributed by atoms with Crippen LogP contribution in [0.4, 0.5) is 10.2 Å². The fourth-order valence-electron chi connectivity index (χ4n) is 2.17. The average molecular weight is 320 g/mol. The second-order valence-electron chi connectivity index (χ2n) is 4.81. The maximum Gasteiger partial charge on any atom is 0.227 e. The van der Waals surface area contributed by atoms with E-state index < -0.39 is 10.0 Å². The Morgan fingerprint density at radius 1 is 1.27 bits per heavy atom. The summed E-state index contributed by atoms with van der Waals surface area (Å²) in [6, 6.07) is 7.97. The zero-order valence-corrected chi connectivity index (χ0v) is 12.2. The van der Waals surface area contributed by atoms with Crippen molar-refractivity contribution in [2.24, 2.45) is 5.14 Å². The van der Waals surface area contributed by atoms with Gasteiger partial charge < -0.3 is 10.3 Å². The zero-order valence-electron chi connectivity index (χ0n) is 11.4. The van der Waals surface area contributed by atoms with E-state index in [0.717, 1.165) is 16.5 Å². The molecule has 0 amide bonds. The Balaban J connectivity index is 1.88. The van der Waals surface area contributed by atoms with Crippen LogP contribution in [0.3, 0.4) is 0 Å². The lowest BCUT2D eigenvalue weighted by Gasteiger charge is -2.05. The molecule has 114 valence electrons. The van der Waals surface area contributed by atoms with Crippen molar-refractivity contribution in [2.75, 3.05) is 11.2 Å². The third-order valence-electron chi connectivity index (χ3n) is 3.17. The molecule has 0 spiro atoms. The molecule has 0 aliphatic rings. The molecule has 0 atom stereocenters. The van der Waals surface area contributed by atoms with E-state index in [1.54, 1.807) is 30.6 Å². The van der Waals surface area contributed by atoms with E-state index in [4.69, 9.17) is 5.14 Å². The Kier molecular flexibility index (Phi) is 3.55. The first-order chi connectivity index (χ1) is 10.4. The highest BCUT2D eigenvalue weighted by atomic mass is 32.2. The number of pyridine rings is 1. The molecule has 0 saturated carbocycles. The molecule has 3 aromatic rings. The van der Waals surface area contributed by atoms with E-state index in [0.29, 0.717) is 11.3 Å². The summed E-state index contributed by atoms with van der Waals surface area (Å²) in [5.41, 5.74) is 2.42. The van der Waals surface area contributed by atoms with Crippen molar-refractivity contribution in [1.82, 2.24) is 9.97 Å². The first-order valence-corrected chi connectivity index (χ1v) is 8.11. The number of nitrogens with two attached hydrogens (primary N) is 1. The third-order valence-corrected chi connectivity index (χ3v) is 3.72. The summed E-state index contributed by atoms with van der Waals surface area (Å²) in [6.07, 6.45) is 3.38. The average Bonchev–Trinajstić information content (AvgIpc) is 2.88. The van der Waals surface area contributed by atoms with Crippen LogP contribution in [0.2, 0.25) is 0 Å². The first kappa shape index (κ1) is 14.5. The highest BCUT2D eigenvalue weighted by Gasteiger charge is 2.08. The van der Waals surface area contributed by atoms with Gasteiger partial charge in [0.1, 0.15) is 17.5 Å². The normalized spacial score (nSPS) is 11.7. The molecular weight excluding hydrogens is 307 g/mol. The van der Waals surface area contributed by atoms with Gasteiger partial charge in [0.05, 0.1) is 0 Å². The van der Waals surface area contributed by atoms with Gasteiger partial charge in [0.2, 0.25) is 10.0 Å². The largest absolute Gasteiger partial charge is 0.360 e. The lowest BCUT2D eigenvalue weighted by Crippen LogP contribution is -2.22. The van der Waals surface area contributed by atoms with E-state index in [1.807, 2.05) is 0 Å². The molecule has 0 aliphatic carbocycles. The van der Waals surface area contributed by atoms with Crippen molar-refractivity contribution in [1.29, 1.82) is 0 Å². The molecule has 22 heavy (non-hydrogen) atoms. The van der Waals surface area contributed by atoms with Gasteiger partial charge in [-0.1, -0.05) is 0 Å². The van der Waals surface area contributed by atoms with Gasteiger partial charge in [-0.2, -0.15) is 0 Å². The number of benzene rings is 1. The number of H-pyrrole nitrogens is 1. The summed E-state index contributed by atoms with van der Waals surface area (Å²) in [7, 11) is -3.60. The van der Waals surface area contributed by atoms with Crippen LogP contribution in [0.1, 0.15) is 0 Å². The number of hydrogen-bond acceptors (Lipinski definition) is 4. The van der Waals surface area contributed by atoms with Crippen LogP contribution < -0.4 is 10.5 Å². The van der Waals surface area contributed by atoms with Crippen LogP contribution in [-0.2, 0) is 10.0 Å². The molecule has 4 N–H and O–H groups in total. The smallest absolute Gasteiger partial charge is 0.227 e. The molecule has 0 fully saturated rings. The molecule has 2 aromatic heterocycles. The Morgan fingerprint density at radius 2 is 2.09 bits per heavy atom. The number of nitrogens with one attached hydrogen (secondary N) is 2. The summed E-state index contributed by atoms with van der Waals surface area (Å²) in [5.74, 6) is -0.281. The molecule has 8 heteroatoms. The fourth-order valence-corrected chi connectivity index (χ4v) is 2.52. The Labute approximate surface area is 126 Å². The number of hydrogen-bond donors (Lipinski definition) is 3. The number of rotatable bonds is 4. The van der Waals surface area contributed by atoms with Crippen LogP contribution in [0.5, 0.6) is 0 Å². The number of aromatic amines is 1. The number of primary sulfonamides is 1. The molecular formula is C14H13FN4O2S. The van der Waals surface area contributed by atoms with Crippen molar-refractivity contribution < 1.29 is 12.8 Å². The van der Waals surface area contributed by atoms with Crippen LogP contribution >= 0.6 is 0 Å². The fraction of sp³-hybridized carbons (Fsp3) is 0.0714. The number of anilines is 1. The van der Waals surface area contributed by atoms with E-state index in [2.05, 4.69) is 15.3 Å². The van der Waals surface area contributed by atoms with Crippen LogP contribution in [-0.4, -0.2) is 24.3 Å². The summed E-state index contributed by atoms with van der Waals surface area (Å²) >= 11 is 0. The summed E-state index contributed by atoms with van der Waals surface area (Å²) < 4.78 is 35.0. The van der Waals surface area contributed by atoms with Crippen molar-refractivity contribution in [3.63, 3.8) is 0 Å². The van der Waals surface area contributed by atoms with E-state index in [1.165, 1.54) is 12.1 Å². The highest BCUT2D eigenvalue weighted by Crippen LogP contribution is 2.28. The zero-order chi connectivity index (χ0) is 15.7. The Bertz CT molecular complexity index is 920. The standard InChI is InChI=1S/C14H13FN4O2S/c15-10-2-3-11-12(7-17-13(11)5-10)9-1-4-14(18-6-9)19-8-22(16,20)21/h1-7,17H,8H2,(H,18,19)(H2,16,20,21). The molecule has 0 radical (unpaired) electrons. The summed E-state index contributed by atoms with van der Waals surface area (Å²) in [6.45, 7) is 0. The van der Waals surface area contributed by atoms with E-state index >= 15 is 0 Å². The predicted octanol–water partition coefficient (Wildman–Crippen LogP) is 2.03. The minimum Gasteiger partial charge on any atom is -0.360 e. The number of nitrogens with zero attached hydrogens (tertiary/aromatic N) is 1. The van der Waals surface area contributed by atoms with Gasteiger partial charge in [-0.15, -0.1) is 0 Å². The lowest BCUT2D eigenvalue weighted by molar-refractivity contribution is 0.599. The maximum atomic E-state index is 13.2. The quantitative estimate of drug-likeness (QED) is 0.684. The molecule has 0 unspecified atom stereocenters. The van der Waals surface area contributed by atoms with Crippen molar-refractivity contribution in [2.45, 2.75) is 0 Å². The summed E-state index contributed by atoms with van der Waals surface area (Å²) in [5, 5.41) is 8.42. The third kappa shape index (κ3) is 3.07. The second-order valence-corrected chi connectivity index (χ2v) is 6.42. The van der Waals surface area contributed by atoms with Crippen LogP contribution in [0.25, 0.3) is 22.0 Å². The maximum absolute atomic E-state index is 13.2. The van der Waals surface area contributed by atoms with Gasteiger partial charge in [0.15, 0.2) is 0 Å². The molecule has 0 saturated heterocycles. The predicted molar refractivity (Wildman–Crippen MR) is 83.1 cm³/mol. The number of sulfonamides is 1. The van der Waals surface area contributed by atoms with Gasteiger partial charge in [0.25, 0.3) is 0 Å². The number of fused-ring (bicyclic) bond motifs is 1. The number of aromatic nitrogens is 2. The molecule has 2 heterocycles. The molecule has 0 aliphatic heterocycles. The van der Waals surface area contributed by atoms with E-state index in [-0.39, 0.29) is 11.7 Å². The SMILES string of the molecule is NS(=O)(=O)CNc1ccc(-c2c[nH]c3cc(F)ccc23)cn1. The van der Waals surface area contributed by atoms with Gasteiger partial charge in [0, 0.05) is 34.4 Å². The van der Waals surface area contributed by atoms with E-state index in [9.17, 15) is 12.8 Å². The van der Waals surface area contributed by atoms with Crippen LogP contribution in [0, 0.1) is 5.82 Å².